The third-order valence-electron chi connectivity index (χ3n) is 2.81. The van der Waals surface area contributed by atoms with Gasteiger partial charge in [0.2, 0.25) is 11.1 Å². The molecule has 1 heterocycles. The SMILES string of the molecule is CCc1nnc(S[C@@H](C)C(=O)Nc2ccc(Br)cc2)n1N. The van der Waals surface area contributed by atoms with Gasteiger partial charge in [-0.05, 0) is 31.2 Å². The van der Waals surface area contributed by atoms with Crippen molar-refractivity contribution in [2.45, 2.75) is 30.7 Å². The number of aryl methyl sites for hydroxylation is 1. The van der Waals surface area contributed by atoms with Gasteiger partial charge in [0.1, 0.15) is 0 Å². The molecule has 8 heteroatoms. The van der Waals surface area contributed by atoms with Crippen molar-refractivity contribution in [1.29, 1.82) is 0 Å². The van der Waals surface area contributed by atoms with Crippen LogP contribution in [-0.2, 0) is 11.2 Å². The number of rotatable bonds is 5. The molecular weight excluding hydrogens is 354 g/mol. The monoisotopic (exact) mass is 369 g/mol. The molecule has 1 amide bonds. The van der Waals surface area contributed by atoms with Gasteiger partial charge in [0, 0.05) is 16.6 Å². The number of aromatic nitrogens is 3. The molecule has 1 atom stereocenters. The molecule has 0 saturated heterocycles. The minimum absolute atomic E-state index is 0.108. The fraction of sp³-hybridized carbons (Fsp3) is 0.308. The van der Waals surface area contributed by atoms with Gasteiger partial charge in [-0.15, -0.1) is 10.2 Å². The number of benzene rings is 1. The molecule has 2 aromatic rings. The van der Waals surface area contributed by atoms with Crippen LogP contribution in [0.3, 0.4) is 0 Å². The van der Waals surface area contributed by atoms with E-state index in [0.29, 0.717) is 17.4 Å². The maximum absolute atomic E-state index is 12.1. The van der Waals surface area contributed by atoms with Crippen LogP contribution in [0.4, 0.5) is 5.69 Å². The zero-order valence-electron chi connectivity index (χ0n) is 11.7. The number of anilines is 1. The highest BCUT2D eigenvalue weighted by molar-refractivity contribution is 9.10. The molecular formula is C13H16BrN5OS. The predicted molar refractivity (Wildman–Crippen MR) is 87.6 cm³/mol. The number of carbonyl (C=O) groups is 1. The van der Waals surface area contributed by atoms with Crippen LogP contribution in [-0.4, -0.2) is 26.0 Å². The summed E-state index contributed by atoms with van der Waals surface area (Å²) in [7, 11) is 0. The number of thioether (sulfide) groups is 1. The molecule has 2 rings (SSSR count). The maximum atomic E-state index is 12.1. The molecule has 0 unspecified atom stereocenters. The first-order valence-electron chi connectivity index (χ1n) is 6.43. The van der Waals surface area contributed by atoms with Crippen LogP contribution in [0.15, 0.2) is 33.9 Å². The van der Waals surface area contributed by atoms with Gasteiger partial charge in [-0.25, -0.2) is 4.68 Å². The van der Waals surface area contributed by atoms with Crippen molar-refractivity contribution >= 4 is 39.3 Å². The first-order chi connectivity index (χ1) is 10.0. The van der Waals surface area contributed by atoms with Crippen molar-refractivity contribution in [2.24, 2.45) is 0 Å². The Kier molecular flexibility index (Phi) is 5.24. The standard InChI is InChI=1S/C13H16BrN5OS/c1-3-11-17-18-13(19(11)15)21-8(2)12(20)16-10-6-4-9(14)5-7-10/h4-8H,3,15H2,1-2H3,(H,16,20)/t8-/m0/s1. The van der Waals surface area contributed by atoms with Crippen LogP contribution >= 0.6 is 27.7 Å². The lowest BCUT2D eigenvalue weighted by Crippen LogP contribution is -2.23. The van der Waals surface area contributed by atoms with Gasteiger partial charge in [-0.1, -0.05) is 34.6 Å². The Balaban J connectivity index is 1.99. The summed E-state index contributed by atoms with van der Waals surface area (Å²) < 4.78 is 2.39. The van der Waals surface area contributed by atoms with E-state index in [1.807, 2.05) is 31.2 Å². The van der Waals surface area contributed by atoms with E-state index in [9.17, 15) is 4.79 Å². The molecule has 0 bridgehead atoms. The predicted octanol–water partition coefficient (Wildman–Crippen LogP) is 2.44. The Morgan fingerprint density at radius 1 is 1.43 bits per heavy atom. The van der Waals surface area contributed by atoms with E-state index in [1.165, 1.54) is 16.4 Å². The number of carbonyl (C=O) groups excluding carboxylic acids is 1. The summed E-state index contributed by atoms with van der Waals surface area (Å²) in [5, 5.41) is 11.0. The second-order valence-electron chi connectivity index (χ2n) is 4.38. The van der Waals surface area contributed by atoms with Crippen molar-refractivity contribution in [2.75, 3.05) is 11.2 Å². The average Bonchev–Trinajstić information content (AvgIpc) is 2.82. The number of nitrogens with two attached hydrogens (primary N) is 1. The van der Waals surface area contributed by atoms with Gasteiger partial charge >= 0.3 is 0 Å². The molecule has 1 aromatic heterocycles. The maximum Gasteiger partial charge on any atom is 0.237 e. The van der Waals surface area contributed by atoms with Crippen LogP contribution in [0.25, 0.3) is 0 Å². The molecule has 21 heavy (non-hydrogen) atoms. The minimum atomic E-state index is -0.329. The van der Waals surface area contributed by atoms with Crippen molar-refractivity contribution < 1.29 is 4.79 Å². The van der Waals surface area contributed by atoms with Crippen LogP contribution in [0.2, 0.25) is 0 Å². The molecule has 0 aliphatic carbocycles. The third-order valence-corrected chi connectivity index (χ3v) is 4.40. The largest absolute Gasteiger partial charge is 0.336 e. The molecule has 0 saturated carbocycles. The number of amides is 1. The first kappa shape index (κ1) is 15.8. The first-order valence-corrected chi connectivity index (χ1v) is 8.11. The highest BCUT2D eigenvalue weighted by Gasteiger charge is 2.19. The van der Waals surface area contributed by atoms with Gasteiger partial charge in [0.15, 0.2) is 5.82 Å². The smallest absolute Gasteiger partial charge is 0.237 e. The average molecular weight is 370 g/mol. The van der Waals surface area contributed by atoms with E-state index in [1.54, 1.807) is 6.92 Å². The molecule has 0 radical (unpaired) electrons. The Morgan fingerprint density at radius 2 is 2.10 bits per heavy atom. The van der Waals surface area contributed by atoms with Gasteiger partial charge in [-0.3, -0.25) is 4.79 Å². The molecule has 112 valence electrons. The second-order valence-corrected chi connectivity index (χ2v) is 6.60. The molecule has 0 spiro atoms. The number of nitrogens with zero attached hydrogens (tertiary/aromatic N) is 3. The summed E-state index contributed by atoms with van der Waals surface area (Å²) >= 11 is 4.63. The number of nitrogens with one attached hydrogen (secondary N) is 1. The van der Waals surface area contributed by atoms with Crippen LogP contribution in [0.5, 0.6) is 0 Å². The fourth-order valence-electron chi connectivity index (χ4n) is 1.62. The van der Waals surface area contributed by atoms with Crippen molar-refractivity contribution in [3.8, 4) is 0 Å². The minimum Gasteiger partial charge on any atom is -0.336 e. The normalized spacial score (nSPS) is 12.1. The molecule has 0 fully saturated rings. The molecule has 3 N–H and O–H groups in total. The number of hydrogen-bond acceptors (Lipinski definition) is 5. The highest BCUT2D eigenvalue weighted by Crippen LogP contribution is 2.22. The van der Waals surface area contributed by atoms with E-state index in [0.717, 1.165) is 10.2 Å². The Labute approximate surface area is 135 Å². The van der Waals surface area contributed by atoms with Crippen LogP contribution in [0.1, 0.15) is 19.7 Å². The zero-order chi connectivity index (χ0) is 15.4. The zero-order valence-corrected chi connectivity index (χ0v) is 14.1. The Hall–Kier alpha value is -1.54. The quantitative estimate of drug-likeness (QED) is 0.624. The second kappa shape index (κ2) is 6.95. The molecule has 1 aromatic carbocycles. The lowest BCUT2D eigenvalue weighted by molar-refractivity contribution is -0.115. The summed E-state index contributed by atoms with van der Waals surface area (Å²) in [5.74, 6) is 6.45. The van der Waals surface area contributed by atoms with Crippen LogP contribution in [0, 0.1) is 0 Å². The summed E-state index contributed by atoms with van der Waals surface area (Å²) in [4.78, 5) is 12.1. The molecule has 6 nitrogen and oxygen atoms in total. The number of halogens is 1. The van der Waals surface area contributed by atoms with Crippen molar-refractivity contribution in [1.82, 2.24) is 14.9 Å². The molecule has 0 aliphatic rings. The highest BCUT2D eigenvalue weighted by atomic mass is 79.9. The summed E-state index contributed by atoms with van der Waals surface area (Å²) in [6.45, 7) is 3.75. The summed E-state index contributed by atoms with van der Waals surface area (Å²) in [5.41, 5.74) is 0.749. The molecule has 0 aliphatic heterocycles. The third kappa shape index (κ3) is 3.98. The lowest BCUT2D eigenvalue weighted by Gasteiger charge is -2.11. The summed E-state index contributed by atoms with van der Waals surface area (Å²) in [6, 6.07) is 7.41. The van der Waals surface area contributed by atoms with Gasteiger partial charge in [-0.2, -0.15) is 0 Å². The number of nitrogen functional groups attached to an aromatic ring is 1. The topological polar surface area (TPSA) is 85.8 Å². The number of hydrogen-bond donors (Lipinski definition) is 2. The van der Waals surface area contributed by atoms with E-state index in [-0.39, 0.29) is 11.2 Å². The van der Waals surface area contributed by atoms with E-state index in [2.05, 4.69) is 31.4 Å². The Bertz CT molecular complexity index is 628. The van der Waals surface area contributed by atoms with Crippen molar-refractivity contribution in [3.63, 3.8) is 0 Å². The van der Waals surface area contributed by atoms with Gasteiger partial charge in [0.05, 0.1) is 5.25 Å². The lowest BCUT2D eigenvalue weighted by atomic mass is 10.3. The van der Waals surface area contributed by atoms with Crippen molar-refractivity contribution in [3.05, 3.63) is 34.6 Å². The van der Waals surface area contributed by atoms with Gasteiger partial charge < -0.3 is 11.2 Å². The van der Waals surface area contributed by atoms with E-state index < -0.39 is 0 Å². The fourth-order valence-corrected chi connectivity index (χ4v) is 2.67. The van der Waals surface area contributed by atoms with Crippen LogP contribution < -0.4 is 11.2 Å². The van der Waals surface area contributed by atoms with Gasteiger partial charge in [0.25, 0.3) is 0 Å². The summed E-state index contributed by atoms with van der Waals surface area (Å²) in [6.07, 6.45) is 0.698. The van der Waals surface area contributed by atoms with E-state index in [4.69, 9.17) is 5.84 Å². The Morgan fingerprint density at radius 3 is 2.67 bits per heavy atom. The van der Waals surface area contributed by atoms with E-state index >= 15 is 0 Å².